The molecule has 4 heteroatoms. The van der Waals surface area contributed by atoms with Crippen molar-refractivity contribution in [1.29, 1.82) is 0 Å². The highest BCUT2D eigenvalue weighted by molar-refractivity contribution is 6.13. The Hall–Kier alpha value is -1.71. The highest BCUT2D eigenvalue weighted by atomic mass is 16.6. The molecule has 0 aliphatic carbocycles. The molecule has 1 aliphatic rings. The fourth-order valence-corrected chi connectivity index (χ4v) is 1.07. The molecule has 0 saturated carbocycles. The van der Waals surface area contributed by atoms with E-state index in [9.17, 15) is 9.59 Å². The molecule has 0 atom stereocenters. The number of carbonyl (C=O) groups excluding carboxylic acids is 2. The molecule has 1 aromatic rings. The SMILES string of the molecule is Cc1cnc2c(c1)C(=O)OC2=O. The van der Waals surface area contributed by atoms with Crippen molar-refractivity contribution in [2.75, 3.05) is 0 Å². The van der Waals surface area contributed by atoms with E-state index in [1.165, 1.54) is 6.20 Å². The molecule has 1 aromatic heterocycles. The van der Waals surface area contributed by atoms with Crippen LogP contribution in [0.15, 0.2) is 12.3 Å². The van der Waals surface area contributed by atoms with E-state index in [2.05, 4.69) is 9.72 Å². The predicted molar refractivity (Wildman–Crippen MR) is 38.7 cm³/mol. The van der Waals surface area contributed by atoms with Gasteiger partial charge in [0.15, 0.2) is 5.69 Å². The summed E-state index contributed by atoms with van der Waals surface area (Å²) in [5.41, 5.74) is 1.21. The third-order valence-electron chi connectivity index (χ3n) is 1.62. The Kier molecular flexibility index (Phi) is 1.24. The quantitative estimate of drug-likeness (QED) is 0.417. The van der Waals surface area contributed by atoms with Gasteiger partial charge in [-0.15, -0.1) is 0 Å². The van der Waals surface area contributed by atoms with Crippen molar-refractivity contribution in [3.63, 3.8) is 0 Å². The van der Waals surface area contributed by atoms with Crippen LogP contribution >= 0.6 is 0 Å². The molecule has 0 bridgehead atoms. The number of nitrogens with zero attached hydrogens (tertiary/aromatic N) is 1. The molecular formula is C8H5NO3. The normalized spacial score (nSPS) is 14.4. The van der Waals surface area contributed by atoms with E-state index in [4.69, 9.17) is 0 Å². The largest absolute Gasteiger partial charge is 0.384 e. The zero-order chi connectivity index (χ0) is 8.72. The number of aromatic nitrogens is 1. The van der Waals surface area contributed by atoms with Gasteiger partial charge in [-0.25, -0.2) is 14.6 Å². The highest BCUT2D eigenvalue weighted by Crippen LogP contribution is 2.17. The van der Waals surface area contributed by atoms with Crippen molar-refractivity contribution in [1.82, 2.24) is 4.98 Å². The third kappa shape index (κ3) is 0.812. The number of ether oxygens (including phenoxy) is 1. The van der Waals surface area contributed by atoms with Gasteiger partial charge in [0.05, 0.1) is 5.56 Å². The fourth-order valence-electron chi connectivity index (χ4n) is 1.07. The van der Waals surface area contributed by atoms with Crippen molar-refractivity contribution in [2.24, 2.45) is 0 Å². The van der Waals surface area contributed by atoms with E-state index in [0.717, 1.165) is 5.56 Å². The van der Waals surface area contributed by atoms with Crippen LogP contribution in [0.4, 0.5) is 0 Å². The third-order valence-corrected chi connectivity index (χ3v) is 1.62. The molecular weight excluding hydrogens is 158 g/mol. The number of pyridine rings is 1. The van der Waals surface area contributed by atoms with E-state index < -0.39 is 11.9 Å². The van der Waals surface area contributed by atoms with Gasteiger partial charge in [-0.05, 0) is 18.6 Å². The Labute approximate surface area is 68.2 Å². The minimum atomic E-state index is -0.657. The molecule has 0 amide bonds. The first-order valence-electron chi connectivity index (χ1n) is 3.41. The number of cyclic esters (lactones) is 2. The van der Waals surface area contributed by atoms with Crippen LogP contribution in [0, 0.1) is 6.92 Å². The molecule has 0 fully saturated rings. The lowest BCUT2D eigenvalue weighted by Crippen LogP contribution is -1.97. The summed E-state index contributed by atoms with van der Waals surface area (Å²) in [7, 11) is 0. The number of hydrogen-bond acceptors (Lipinski definition) is 4. The second-order valence-electron chi connectivity index (χ2n) is 2.59. The van der Waals surface area contributed by atoms with E-state index in [1.807, 2.05) is 0 Å². The van der Waals surface area contributed by atoms with Gasteiger partial charge in [0.25, 0.3) is 0 Å². The van der Waals surface area contributed by atoms with Crippen molar-refractivity contribution < 1.29 is 14.3 Å². The summed E-state index contributed by atoms with van der Waals surface area (Å²) < 4.78 is 4.35. The summed E-state index contributed by atoms with van der Waals surface area (Å²) in [6, 6.07) is 1.59. The molecule has 4 nitrogen and oxygen atoms in total. The minimum Gasteiger partial charge on any atom is -0.384 e. The van der Waals surface area contributed by atoms with Gasteiger partial charge in [-0.3, -0.25) is 0 Å². The maximum absolute atomic E-state index is 10.9. The Balaban J connectivity index is 2.68. The minimum absolute atomic E-state index is 0.116. The molecule has 60 valence electrons. The van der Waals surface area contributed by atoms with Crippen LogP contribution in [0.5, 0.6) is 0 Å². The van der Waals surface area contributed by atoms with Crippen LogP contribution in [0.3, 0.4) is 0 Å². The van der Waals surface area contributed by atoms with Gasteiger partial charge in [-0.1, -0.05) is 0 Å². The monoisotopic (exact) mass is 163 g/mol. The van der Waals surface area contributed by atoms with Crippen molar-refractivity contribution >= 4 is 11.9 Å². The molecule has 0 aromatic carbocycles. The number of hydrogen-bond donors (Lipinski definition) is 0. The second kappa shape index (κ2) is 2.14. The maximum Gasteiger partial charge on any atom is 0.365 e. The van der Waals surface area contributed by atoms with Gasteiger partial charge in [0.1, 0.15) is 0 Å². The number of carbonyl (C=O) groups is 2. The molecule has 0 spiro atoms. The predicted octanol–water partition coefficient (Wildman–Crippen LogP) is 0.701. The molecule has 1 aliphatic heterocycles. The summed E-state index contributed by atoms with van der Waals surface area (Å²) >= 11 is 0. The Morgan fingerprint density at radius 2 is 2.08 bits per heavy atom. The number of esters is 2. The summed E-state index contributed by atoms with van der Waals surface area (Å²) in [6.07, 6.45) is 1.53. The van der Waals surface area contributed by atoms with Crippen molar-refractivity contribution in [3.05, 3.63) is 29.1 Å². The lowest BCUT2D eigenvalue weighted by Gasteiger charge is -1.91. The molecule has 0 unspecified atom stereocenters. The molecule has 12 heavy (non-hydrogen) atoms. The first-order chi connectivity index (χ1) is 5.68. The van der Waals surface area contributed by atoms with Crippen molar-refractivity contribution in [3.8, 4) is 0 Å². The number of aryl methyl sites for hydroxylation is 1. The summed E-state index contributed by atoms with van der Waals surface area (Å²) in [6.45, 7) is 1.79. The average Bonchev–Trinajstić information content (AvgIpc) is 2.28. The molecule has 0 saturated heterocycles. The zero-order valence-corrected chi connectivity index (χ0v) is 6.33. The Morgan fingerprint density at radius 3 is 2.83 bits per heavy atom. The number of rotatable bonds is 0. The van der Waals surface area contributed by atoms with Gasteiger partial charge in [0, 0.05) is 6.20 Å². The van der Waals surface area contributed by atoms with E-state index in [1.54, 1.807) is 13.0 Å². The van der Waals surface area contributed by atoms with Gasteiger partial charge < -0.3 is 4.74 Å². The molecule has 0 radical (unpaired) electrons. The standard InChI is InChI=1S/C8H5NO3/c1-4-2-5-6(9-3-4)8(11)12-7(5)10/h2-3H,1H3. The number of fused-ring (bicyclic) bond motifs is 1. The van der Waals surface area contributed by atoms with Gasteiger partial charge >= 0.3 is 11.9 Å². The van der Waals surface area contributed by atoms with E-state index in [0.29, 0.717) is 0 Å². The van der Waals surface area contributed by atoms with Gasteiger partial charge in [0.2, 0.25) is 0 Å². The first kappa shape index (κ1) is 6.97. The molecule has 0 N–H and O–H groups in total. The zero-order valence-electron chi connectivity index (χ0n) is 6.33. The first-order valence-corrected chi connectivity index (χ1v) is 3.41. The smallest absolute Gasteiger partial charge is 0.365 e. The Bertz CT molecular complexity index is 384. The molecule has 2 heterocycles. The summed E-state index contributed by atoms with van der Waals surface area (Å²) in [4.78, 5) is 25.6. The lowest BCUT2D eigenvalue weighted by molar-refractivity contribution is 0.0441. The maximum atomic E-state index is 10.9. The topological polar surface area (TPSA) is 56.3 Å². The van der Waals surface area contributed by atoms with Crippen LogP contribution in [0.25, 0.3) is 0 Å². The second-order valence-corrected chi connectivity index (χ2v) is 2.59. The van der Waals surface area contributed by atoms with Crippen LogP contribution < -0.4 is 0 Å². The van der Waals surface area contributed by atoms with Crippen LogP contribution in [-0.2, 0) is 4.74 Å². The summed E-state index contributed by atoms with van der Waals surface area (Å²) in [5.74, 6) is -1.26. The Morgan fingerprint density at radius 1 is 1.33 bits per heavy atom. The highest BCUT2D eigenvalue weighted by Gasteiger charge is 2.30. The fraction of sp³-hybridized carbons (Fsp3) is 0.125. The van der Waals surface area contributed by atoms with E-state index >= 15 is 0 Å². The lowest BCUT2D eigenvalue weighted by atomic mass is 10.2. The average molecular weight is 163 g/mol. The molecule has 2 rings (SSSR count). The summed E-state index contributed by atoms with van der Waals surface area (Å²) in [5, 5.41) is 0. The van der Waals surface area contributed by atoms with Crippen molar-refractivity contribution in [2.45, 2.75) is 6.92 Å². The van der Waals surface area contributed by atoms with Crippen LogP contribution in [0.1, 0.15) is 26.4 Å². The van der Waals surface area contributed by atoms with Gasteiger partial charge in [-0.2, -0.15) is 0 Å². The van der Waals surface area contributed by atoms with Crippen LogP contribution in [-0.4, -0.2) is 16.9 Å². The van der Waals surface area contributed by atoms with Crippen LogP contribution in [0.2, 0.25) is 0 Å². The van der Waals surface area contributed by atoms with E-state index in [-0.39, 0.29) is 11.3 Å².